The van der Waals surface area contributed by atoms with Gasteiger partial charge in [0.2, 0.25) is 0 Å². The van der Waals surface area contributed by atoms with Gasteiger partial charge in [-0.25, -0.2) is 15.0 Å². The highest BCUT2D eigenvalue weighted by Crippen LogP contribution is 2.24. The van der Waals surface area contributed by atoms with E-state index in [1.54, 1.807) is 29.8 Å². The van der Waals surface area contributed by atoms with Crippen LogP contribution < -0.4 is 0 Å². The molecule has 1 aliphatic rings. The molecule has 0 bridgehead atoms. The van der Waals surface area contributed by atoms with Crippen LogP contribution in [0, 0.1) is 0 Å². The zero-order valence-corrected chi connectivity index (χ0v) is 13.0. The van der Waals surface area contributed by atoms with Crippen molar-refractivity contribution in [1.29, 1.82) is 0 Å². The summed E-state index contributed by atoms with van der Waals surface area (Å²) in [6, 6.07) is 2.05. The monoisotopic (exact) mass is 304 g/mol. The standard InChI is InChI=1S/C15H20N4OS/c1-11(20)13-5-2-3-8-19(13)9-12-10-21-15(18-12)14-16-6-4-7-17-14/h4,6-7,10-11,13,20H,2-3,5,8-9H2,1H3/t11-,13+/m0/s1. The summed E-state index contributed by atoms with van der Waals surface area (Å²) >= 11 is 1.58. The van der Waals surface area contributed by atoms with Gasteiger partial charge in [0.15, 0.2) is 10.8 Å². The van der Waals surface area contributed by atoms with Crippen LogP contribution in [0.4, 0.5) is 0 Å². The van der Waals surface area contributed by atoms with E-state index in [4.69, 9.17) is 0 Å². The molecule has 3 rings (SSSR count). The summed E-state index contributed by atoms with van der Waals surface area (Å²) in [5.41, 5.74) is 1.04. The van der Waals surface area contributed by atoms with Crippen LogP contribution in [0.1, 0.15) is 31.9 Å². The van der Waals surface area contributed by atoms with Crippen LogP contribution in [0.3, 0.4) is 0 Å². The van der Waals surface area contributed by atoms with Crippen molar-refractivity contribution in [3.8, 4) is 10.8 Å². The smallest absolute Gasteiger partial charge is 0.188 e. The van der Waals surface area contributed by atoms with Gasteiger partial charge in [0, 0.05) is 30.4 Å². The van der Waals surface area contributed by atoms with Crippen molar-refractivity contribution in [1.82, 2.24) is 19.9 Å². The highest BCUT2D eigenvalue weighted by molar-refractivity contribution is 7.13. The maximum atomic E-state index is 9.93. The number of rotatable bonds is 4. The molecule has 5 nitrogen and oxygen atoms in total. The first-order valence-electron chi connectivity index (χ1n) is 7.38. The van der Waals surface area contributed by atoms with Crippen LogP contribution in [0.5, 0.6) is 0 Å². The molecule has 3 heterocycles. The molecule has 2 aromatic rings. The molecule has 1 N–H and O–H groups in total. The van der Waals surface area contributed by atoms with Gasteiger partial charge in [0.05, 0.1) is 11.8 Å². The minimum absolute atomic E-state index is 0.247. The van der Waals surface area contributed by atoms with E-state index in [-0.39, 0.29) is 12.1 Å². The van der Waals surface area contributed by atoms with Crippen LogP contribution >= 0.6 is 11.3 Å². The Morgan fingerprint density at radius 2 is 2.19 bits per heavy atom. The highest BCUT2D eigenvalue weighted by atomic mass is 32.1. The Balaban J connectivity index is 1.72. The molecule has 1 aliphatic heterocycles. The lowest BCUT2D eigenvalue weighted by Gasteiger charge is -2.36. The van der Waals surface area contributed by atoms with Gasteiger partial charge in [-0.3, -0.25) is 4.90 Å². The first-order chi connectivity index (χ1) is 10.2. The molecule has 1 fully saturated rings. The number of hydrogen-bond acceptors (Lipinski definition) is 6. The first kappa shape index (κ1) is 14.6. The van der Waals surface area contributed by atoms with Gasteiger partial charge >= 0.3 is 0 Å². The first-order valence-corrected chi connectivity index (χ1v) is 8.26. The van der Waals surface area contributed by atoms with E-state index < -0.39 is 0 Å². The Kier molecular flexibility index (Phi) is 4.57. The van der Waals surface area contributed by atoms with Crippen molar-refractivity contribution >= 4 is 11.3 Å². The quantitative estimate of drug-likeness (QED) is 0.939. The van der Waals surface area contributed by atoms with Gasteiger partial charge in [-0.2, -0.15) is 0 Å². The van der Waals surface area contributed by atoms with Crippen LogP contribution in [0.2, 0.25) is 0 Å². The third-order valence-electron chi connectivity index (χ3n) is 3.89. The largest absolute Gasteiger partial charge is 0.392 e. The minimum Gasteiger partial charge on any atom is -0.392 e. The summed E-state index contributed by atoms with van der Waals surface area (Å²) in [7, 11) is 0. The van der Waals surface area contributed by atoms with E-state index in [2.05, 4.69) is 25.2 Å². The van der Waals surface area contributed by atoms with Crippen molar-refractivity contribution < 1.29 is 5.11 Å². The number of hydrogen-bond donors (Lipinski definition) is 1. The maximum absolute atomic E-state index is 9.93. The van der Waals surface area contributed by atoms with E-state index in [0.717, 1.165) is 30.2 Å². The van der Waals surface area contributed by atoms with E-state index >= 15 is 0 Å². The number of aliphatic hydroxyl groups is 1. The summed E-state index contributed by atoms with van der Waals surface area (Å²) in [5, 5.41) is 12.9. The fourth-order valence-electron chi connectivity index (χ4n) is 2.86. The van der Waals surface area contributed by atoms with Crippen LogP contribution in [0.25, 0.3) is 10.8 Å². The molecule has 0 unspecified atom stereocenters. The van der Waals surface area contributed by atoms with E-state index in [1.165, 1.54) is 12.8 Å². The Morgan fingerprint density at radius 3 is 2.95 bits per heavy atom. The molecule has 2 atom stereocenters. The average Bonchev–Trinajstić information content (AvgIpc) is 2.97. The van der Waals surface area contributed by atoms with Crippen molar-refractivity contribution in [3.05, 3.63) is 29.5 Å². The predicted molar refractivity (Wildman–Crippen MR) is 82.9 cm³/mol. The molecule has 6 heteroatoms. The number of aliphatic hydroxyl groups excluding tert-OH is 1. The molecule has 0 radical (unpaired) electrons. The lowest BCUT2D eigenvalue weighted by atomic mass is 9.98. The Bertz CT molecular complexity index is 572. The van der Waals surface area contributed by atoms with Gasteiger partial charge in [-0.1, -0.05) is 6.42 Å². The minimum atomic E-state index is -0.291. The second-order valence-corrected chi connectivity index (χ2v) is 6.35. The topological polar surface area (TPSA) is 62.1 Å². The summed E-state index contributed by atoms with van der Waals surface area (Å²) in [6.07, 6.45) is 6.64. The zero-order chi connectivity index (χ0) is 14.7. The number of nitrogens with zero attached hydrogens (tertiary/aromatic N) is 4. The summed E-state index contributed by atoms with van der Waals surface area (Å²) in [6.45, 7) is 3.70. The number of piperidine rings is 1. The third-order valence-corrected chi connectivity index (χ3v) is 4.78. The van der Waals surface area contributed by atoms with Gasteiger partial charge in [0.25, 0.3) is 0 Å². The Morgan fingerprint density at radius 1 is 1.38 bits per heavy atom. The van der Waals surface area contributed by atoms with Gasteiger partial charge in [-0.15, -0.1) is 11.3 Å². The van der Waals surface area contributed by atoms with E-state index in [0.29, 0.717) is 5.82 Å². The third kappa shape index (κ3) is 3.45. The molecule has 0 aromatic carbocycles. The van der Waals surface area contributed by atoms with Crippen LogP contribution in [-0.2, 0) is 6.54 Å². The normalized spacial score (nSPS) is 21.3. The Labute approximate surface area is 128 Å². The fourth-order valence-corrected chi connectivity index (χ4v) is 3.61. The predicted octanol–water partition coefficient (Wildman–Crippen LogP) is 2.34. The molecule has 0 aliphatic carbocycles. The van der Waals surface area contributed by atoms with Crippen molar-refractivity contribution in [3.63, 3.8) is 0 Å². The molecule has 21 heavy (non-hydrogen) atoms. The van der Waals surface area contributed by atoms with Gasteiger partial charge in [0.1, 0.15) is 0 Å². The number of likely N-dealkylation sites (tertiary alicyclic amines) is 1. The van der Waals surface area contributed by atoms with Gasteiger partial charge < -0.3 is 5.11 Å². The summed E-state index contributed by atoms with van der Waals surface area (Å²) < 4.78 is 0. The fraction of sp³-hybridized carbons (Fsp3) is 0.533. The van der Waals surface area contributed by atoms with Crippen molar-refractivity contribution in [2.75, 3.05) is 6.54 Å². The molecule has 0 amide bonds. The molecule has 112 valence electrons. The zero-order valence-electron chi connectivity index (χ0n) is 12.1. The van der Waals surface area contributed by atoms with Crippen molar-refractivity contribution in [2.45, 2.75) is 44.9 Å². The highest BCUT2D eigenvalue weighted by Gasteiger charge is 2.26. The van der Waals surface area contributed by atoms with Gasteiger partial charge in [-0.05, 0) is 32.4 Å². The SMILES string of the molecule is C[C@H](O)[C@H]1CCCCN1Cc1csc(-c2ncccn2)n1. The second kappa shape index (κ2) is 6.60. The lowest BCUT2D eigenvalue weighted by Crippen LogP contribution is -2.45. The molecule has 1 saturated heterocycles. The molecule has 0 saturated carbocycles. The number of thiazole rings is 1. The summed E-state index contributed by atoms with van der Waals surface area (Å²) in [5.74, 6) is 0.680. The van der Waals surface area contributed by atoms with E-state index in [1.807, 2.05) is 6.92 Å². The lowest BCUT2D eigenvalue weighted by molar-refractivity contribution is 0.0311. The van der Waals surface area contributed by atoms with Crippen molar-refractivity contribution in [2.24, 2.45) is 0 Å². The second-order valence-electron chi connectivity index (χ2n) is 5.49. The van der Waals surface area contributed by atoms with Crippen LogP contribution in [-0.4, -0.2) is 43.6 Å². The molecular formula is C15H20N4OS. The molecule has 2 aromatic heterocycles. The maximum Gasteiger partial charge on any atom is 0.188 e. The average molecular weight is 304 g/mol. The van der Waals surface area contributed by atoms with E-state index in [9.17, 15) is 5.11 Å². The van der Waals surface area contributed by atoms with Crippen LogP contribution in [0.15, 0.2) is 23.8 Å². The summed E-state index contributed by atoms with van der Waals surface area (Å²) in [4.78, 5) is 15.5. The Hall–Kier alpha value is -1.37. The molecule has 0 spiro atoms. The number of aromatic nitrogens is 3. The molecular weight excluding hydrogens is 284 g/mol.